The molecule has 1 N–H and O–H groups in total. The number of aryl methyl sites for hydroxylation is 1. The van der Waals surface area contributed by atoms with Crippen LogP contribution in [0.25, 0.3) is 5.57 Å². The molecule has 3 aromatic carbocycles. The number of anilines is 1. The van der Waals surface area contributed by atoms with Crippen LogP contribution >= 0.6 is 0 Å². The summed E-state index contributed by atoms with van der Waals surface area (Å²) in [6.07, 6.45) is 0. The fourth-order valence-electron chi connectivity index (χ4n) is 3.75. The molecule has 3 aromatic rings. The zero-order chi connectivity index (χ0) is 22.8. The standard InChI is InChI=1S/C26H23FN2O3/c1-16-7-6-9-21(17(16)2)28-24-23(18-11-13-20(27)14-12-18)25(30)29(26(24)31)15-19-8-4-5-10-22(19)32-3/h4-14,28H,15H2,1-3H3. The van der Waals surface area contributed by atoms with Crippen LogP contribution in [0.3, 0.4) is 0 Å². The van der Waals surface area contributed by atoms with Gasteiger partial charge in [-0.1, -0.05) is 42.5 Å². The molecule has 4 rings (SSSR count). The zero-order valence-corrected chi connectivity index (χ0v) is 18.1. The van der Waals surface area contributed by atoms with Gasteiger partial charge in [-0.2, -0.15) is 0 Å². The van der Waals surface area contributed by atoms with Crippen LogP contribution in [0.2, 0.25) is 0 Å². The van der Waals surface area contributed by atoms with Crippen LogP contribution in [0.15, 0.2) is 72.4 Å². The molecular weight excluding hydrogens is 407 g/mol. The van der Waals surface area contributed by atoms with E-state index in [2.05, 4.69) is 5.32 Å². The molecule has 0 spiro atoms. The summed E-state index contributed by atoms with van der Waals surface area (Å²) in [5.41, 5.74) is 4.34. The van der Waals surface area contributed by atoms with Crippen LogP contribution in [0.1, 0.15) is 22.3 Å². The van der Waals surface area contributed by atoms with Crippen LogP contribution < -0.4 is 10.1 Å². The lowest BCUT2D eigenvalue weighted by Gasteiger charge is -2.17. The molecule has 0 radical (unpaired) electrons. The number of ether oxygens (including phenoxy) is 1. The molecule has 5 nitrogen and oxygen atoms in total. The maximum absolute atomic E-state index is 13.5. The summed E-state index contributed by atoms with van der Waals surface area (Å²) in [4.78, 5) is 28.1. The first-order chi connectivity index (χ1) is 15.4. The van der Waals surface area contributed by atoms with Gasteiger partial charge in [-0.25, -0.2) is 4.39 Å². The van der Waals surface area contributed by atoms with Crippen molar-refractivity contribution in [2.45, 2.75) is 20.4 Å². The summed E-state index contributed by atoms with van der Waals surface area (Å²) in [5.74, 6) is -0.713. The molecule has 2 amide bonds. The smallest absolute Gasteiger partial charge is 0.278 e. The molecule has 1 aliphatic heterocycles. The first-order valence-electron chi connectivity index (χ1n) is 10.2. The lowest BCUT2D eigenvalue weighted by atomic mass is 10.0. The van der Waals surface area contributed by atoms with Crippen molar-refractivity contribution < 1.29 is 18.7 Å². The predicted octanol–water partition coefficient (Wildman–Crippen LogP) is 4.84. The number of hydrogen-bond donors (Lipinski definition) is 1. The Labute approximate surface area is 186 Å². The number of nitrogens with zero attached hydrogens (tertiary/aromatic N) is 1. The number of halogens is 1. The van der Waals surface area contributed by atoms with E-state index in [9.17, 15) is 14.0 Å². The van der Waals surface area contributed by atoms with E-state index in [0.29, 0.717) is 16.9 Å². The van der Waals surface area contributed by atoms with Gasteiger partial charge >= 0.3 is 0 Å². The molecule has 0 aliphatic carbocycles. The number of methoxy groups -OCH3 is 1. The number of rotatable bonds is 6. The average Bonchev–Trinajstić information content (AvgIpc) is 3.02. The van der Waals surface area contributed by atoms with E-state index >= 15 is 0 Å². The van der Waals surface area contributed by atoms with E-state index in [4.69, 9.17) is 4.74 Å². The highest BCUT2D eigenvalue weighted by molar-refractivity contribution is 6.36. The monoisotopic (exact) mass is 430 g/mol. The van der Waals surface area contributed by atoms with Crippen molar-refractivity contribution in [3.05, 3.63) is 100 Å². The van der Waals surface area contributed by atoms with Crippen LogP contribution in [0, 0.1) is 19.7 Å². The van der Waals surface area contributed by atoms with Gasteiger partial charge in [-0.3, -0.25) is 14.5 Å². The van der Waals surface area contributed by atoms with Crippen molar-refractivity contribution in [1.29, 1.82) is 0 Å². The Morgan fingerprint density at radius 3 is 2.34 bits per heavy atom. The Morgan fingerprint density at radius 1 is 0.906 bits per heavy atom. The Morgan fingerprint density at radius 2 is 1.62 bits per heavy atom. The average molecular weight is 430 g/mol. The van der Waals surface area contributed by atoms with Crippen molar-refractivity contribution in [2.24, 2.45) is 0 Å². The van der Waals surface area contributed by atoms with Gasteiger partial charge in [0.2, 0.25) is 0 Å². The number of carbonyl (C=O) groups is 2. The van der Waals surface area contributed by atoms with Gasteiger partial charge in [-0.15, -0.1) is 0 Å². The fourth-order valence-corrected chi connectivity index (χ4v) is 3.75. The lowest BCUT2D eigenvalue weighted by Crippen LogP contribution is -2.32. The summed E-state index contributed by atoms with van der Waals surface area (Å²) >= 11 is 0. The van der Waals surface area contributed by atoms with Crippen LogP contribution in [-0.2, 0) is 16.1 Å². The van der Waals surface area contributed by atoms with Gasteiger partial charge in [0.25, 0.3) is 11.8 Å². The fraction of sp³-hybridized carbons (Fsp3) is 0.154. The Balaban J connectivity index is 1.78. The number of amides is 2. The topological polar surface area (TPSA) is 58.6 Å². The molecule has 1 heterocycles. The second-order valence-electron chi connectivity index (χ2n) is 7.64. The summed E-state index contributed by atoms with van der Waals surface area (Å²) in [7, 11) is 1.54. The Hall–Kier alpha value is -3.93. The lowest BCUT2D eigenvalue weighted by molar-refractivity contribution is -0.137. The number of benzene rings is 3. The number of hydrogen-bond acceptors (Lipinski definition) is 4. The van der Waals surface area contributed by atoms with Crippen LogP contribution in [-0.4, -0.2) is 23.8 Å². The first kappa shape index (κ1) is 21.3. The summed E-state index contributed by atoms with van der Waals surface area (Å²) in [5, 5.41) is 3.18. The number of carbonyl (C=O) groups excluding carboxylic acids is 2. The summed E-state index contributed by atoms with van der Waals surface area (Å²) in [6, 6.07) is 18.5. The van der Waals surface area contributed by atoms with Crippen LogP contribution in [0.5, 0.6) is 5.75 Å². The van der Waals surface area contributed by atoms with E-state index in [1.807, 2.05) is 50.2 Å². The van der Waals surface area contributed by atoms with Gasteiger partial charge in [0.15, 0.2) is 0 Å². The van der Waals surface area contributed by atoms with E-state index in [1.54, 1.807) is 13.2 Å². The van der Waals surface area contributed by atoms with Gasteiger partial charge < -0.3 is 10.1 Å². The third-order valence-electron chi connectivity index (χ3n) is 5.69. The third kappa shape index (κ3) is 3.87. The van der Waals surface area contributed by atoms with Crippen molar-refractivity contribution in [1.82, 2.24) is 4.90 Å². The molecule has 0 aromatic heterocycles. The SMILES string of the molecule is COc1ccccc1CN1C(=O)C(Nc2cccc(C)c2C)=C(c2ccc(F)cc2)C1=O. The third-order valence-corrected chi connectivity index (χ3v) is 5.69. The maximum atomic E-state index is 13.5. The molecule has 0 atom stereocenters. The molecular formula is C26H23FN2O3. The van der Waals surface area contributed by atoms with Gasteiger partial charge in [0, 0.05) is 11.3 Å². The molecule has 0 saturated heterocycles. The molecule has 0 bridgehead atoms. The highest BCUT2D eigenvalue weighted by Crippen LogP contribution is 2.33. The highest BCUT2D eigenvalue weighted by atomic mass is 19.1. The number of para-hydroxylation sites is 1. The quantitative estimate of drug-likeness (QED) is 0.569. The van der Waals surface area contributed by atoms with Crippen molar-refractivity contribution >= 4 is 23.1 Å². The molecule has 32 heavy (non-hydrogen) atoms. The van der Waals surface area contributed by atoms with E-state index in [1.165, 1.54) is 29.2 Å². The second kappa shape index (κ2) is 8.67. The van der Waals surface area contributed by atoms with Crippen molar-refractivity contribution in [3.63, 3.8) is 0 Å². The minimum atomic E-state index is -0.444. The van der Waals surface area contributed by atoms with E-state index in [0.717, 1.165) is 16.8 Å². The first-order valence-corrected chi connectivity index (χ1v) is 10.2. The number of imide groups is 1. The highest BCUT2D eigenvalue weighted by Gasteiger charge is 2.39. The Kier molecular flexibility index (Phi) is 5.77. The minimum Gasteiger partial charge on any atom is -0.496 e. The normalized spacial score (nSPS) is 13.7. The van der Waals surface area contributed by atoms with Crippen LogP contribution in [0.4, 0.5) is 10.1 Å². The molecule has 0 saturated carbocycles. The molecule has 6 heteroatoms. The minimum absolute atomic E-state index is 0.0599. The molecule has 0 fully saturated rings. The van der Waals surface area contributed by atoms with Crippen molar-refractivity contribution in [2.75, 3.05) is 12.4 Å². The maximum Gasteiger partial charge on any atom is 0.278 e. The summed E-state index contributed by atoms with van der Waals surface area (Å²) in [6.45, 7) is 3.99. The molecule has 1 aliphatic rings. The van der Waals surface area contributed by atoms with Gasteiger partial charge in [0.1, 0.15) is 17.3 Å². The molecule has 0 unspecified atom stereocenters. The zero-order valence-electron chi connectivity index (χ0n) is 18.1. The predicted molar refractivity (Wildman–Crippen MR) is 121 cm³/mol. The van der Waals surface area contributed by atoms with E-state index in [-0.39, 0.29) is 17.8 Å². The van der Waals surface area contributed by atoms with Gasteiger partial charge in [0.05, 0.1) is 19.2 Å². The summed E-state index contributed by atoms with van der Waals surface area (Å²) < 4.78 is 18.9. The number of nitrogens with one attached hydrogen (secondary N) is 1. The van der Waals surface area contributed by atoms with Crippen molar-refractivity contribution in [3.8, 4) is 5.75 Å². The largest absolute Gasteiger partial charge is 0.496 e. The second-order valence-corrected chi connectivity index (χ2v) is 7.64. The van der Waals surface area contributed by atoms with E-state index < -0.39 is 17.6 Å². The van der Waals surface area contributed by atoms with Gasteiger partial charge in [-0.05, 0) is 54.8 Å². The Bertz CT molecular complexity index is 1230. The molecule has 162 valence electrons.